The van der Waals surface area contributed by atoms with Gasteiger partial charge in [-0.15, -0.1) is 0 Å². The van der Waals surface area contributed by atoms with Gasteiger partial charge < -0.3 is 53.2 Å². The molecule has 0 radical (unpaired) electrons. The van der Waals surface area contributed by atoms with E-state index in [1.54, 1.807) is 0 Å². The van der Waals surface area contributed by atoms with E-state index >= 15 is 0 Å². The summed E-state index contributed by atoms with van der Waals surface area (Å²) in [4.78, 5) is 72.9. The number of phosphoric acid groups is 3. The van der Waals surface area contributed by atoms with Crippen LogP contribution in [0.25, 0.3) is 0 Å². The Morgan fingerprint density at radius 1 is 0.556 bits per heavy atom. The molecule has 0 aliphatic rings. The molecule has 0 heterocycles. The Balaban J connectivity index is -0.0000000277. The number of hydrogen-bond donors (Lipinski definition) is 3. The van der Waals surface area contributed by atoms with Gasteiger partial charge in [-0.1, -0.05) is 0 Å². The third-order valence-electron chi connectivity index (χ3n) is 0. The zero-order valence-electron chi connectivity index (χ0n) is 8.48. The van der Waals surface area contributed by atoms with Gasteiger partial charge in [0.25, 0.3) is 0 Å². The van der Waals surface area contributed by atoms with Gasteiger partial charge >= 0.3 is 154 Å². The van der Waals surface area contributed by atoms with Crippen molar-refractivity contribution in [3.63, 3.8) is 0 Å². The van der Waals surface area contributed by atoms with Gasteiger partial charge in [-0.05, 0) is 0 Å². The van der Waals surface area contributed by atoms with Crippen LogP contribution in [0, 0.1) is 0 Å². The van der Waals surface area contributed by atoms with Gasteiger partial charge in [0.05, 0.1) is 0 Å². The Labute approximate surface area is 222 Å². The average molecular weight is 700 g/mol. The summed E-state index contributed by atoms with van der Waals surface area (Å²) in [6.07, 6.45) is 0. The van der Waals surface area contributed by atoms with Gasteiger partial charge in [0.2, 0.25) is 0 Å². The standard InChI is InChI=1S/3Ba.3H3O4P/c;;;3*1-5(2,3)4/h;;;3*(H3,1,2,3,4)/q3*+2;;;/p-6. The molecule has 18 heteroatoms. The third-order valence-corrected chi connectivity index (χ3v) is 0. The minimum absolute atomic E-state index is 0. The van der Waals surface area contributed by atoms with Crippen LogP contribution in [0.2, 0.25) is 0 Å². The van der Waals surface area contributed by atoms with Crippen molar-refractivity contribution in [3.05, 3.63) is 0 Å². The van der Waals surface area contributed by atoms with Crippen LogP contribution in [0.15, 0.2) is 0 Å². The molecule has 96 valence electrons. The van der Waals surface area contributed by atoms with Crippen molar-refractivity contribution in [2.24, 2.45) is 0 Å². The molecule has 0 aromatic heterocycles. The molecule has 0 unspecified atom stereocenters. The molecule has 0 amide bonds. The summed E-state index contributed by atoms with van der Waals surface area (Å²) in [6, 6.07) is 0. The molecule has 12 nitrogen and oxygen atoms in total. The van der Waals surface area contributed by atoms with Crippen LogP contribution in [-0.2, 0) is 13.7 Å². The number of rotatable bonds is 0. The van der Waals surface area contributed by atoms with Crippen molar-refractivity contribution in [2.75, 3.05) is 0 Å². The zero-order chi connectivity index (χ0) is 13.5. The molecule has 18 heavy (non-hydrogen) atoms. The summed E-state index contributed by atoms with van der Waals surface area (Å²) in [6.45, 7) is 0. The molecule has 0 aromatic carbocycles. The molecular formula is H3Ba3O12P3. The summed E-state index contributed by atoms with van der Waals surface area (Å²) in [5.74, 6) is 0. The Bertz CT molecular complexity index is 209. The fourth-order valence-electron chi connectivity index (χ4n) is 0. The van der Waals surface area contributed by atoms with Crippen LogP contribution in [0.5, 0.6) is 0 Å². The van der Waals surface area contributed by atoms with Crippen LogP contribution in [0.3, 0.4) is 0 Å². The van der Waals surface area contributed by atoms with Gasteiger partial charge in [0, 0.05) is 0 Å². The molecule has 0 aromatic rings. The molecule has 0 atom stereocenters. The maximum atomic E-state index is 8.88. The fraction of sp³-hybridized carbons (Fsp3) is 0. The second-order valence-corrected chi connectivity index (χ2v) is 4.22. The van der Waals surface area contributed by atoms with Gasteiger partial charge in [-0.25, -0.2) is 4.57 Å². The van der Waals surface area contributed by atoms with Crippen molar-refractivity contribution in [2.45, 2.75) is 0 Å². The maximum Gasteiger partial charge on any atom is 2.00 e. The number of hydrogen-bond acceptors (Lipinski definition) is 9. The van der Waals surface area contributed by atoms with E-state index < -0.39 is 23.5 Å². The van der Waals surface area contributed by atoms with Crippen molar-refractivity contribution in [3.8, 4) is 0 Å². The Morgan fingerprint density at radius 2 is 0.556 bits per heavy atom. The largest absolute Gasteiger partial charge is 2.00 e. The van der Waals surface area contributed by atoms with E-state index in [0.29, 0.717) is 0 Å². The zero-order valence-corrected chi connectivity index (χ0v) is 24.5. The Kier molecular flexibility index (Phi) is 39.4. The maximum absolute atomic E-state index is 8.88. The topological polar surface area (TPSA) is 250 Å². The molecule has 0 rings (SSSR count). The van der Waals surface area contributed by atoms with E-state index in [0.717, 1.165) is 0 Å². The third kappa shape index (κ3) is 332. The van der Waals surface area contributed by atoms with E-state index in [-0.39, 0.29) is 147 Å². The summed E-state index contributed by atoms with van der Waals surface area (Å²) in [5, 5.41) is 0. The van der Waals surface area contributed by atoms with Crippen molar-refractivity contribution >= 4 is 170 Å². The van der Waals surface area contributed by atoms with E-state index in [2.05, 4.69) is 0 Å². The minimum atomic E-state index is -5.39. The minimum Gasteiger partial charge on any atom is -0.822 e. The molecule has 0 aliphatic heterocycles. The van der Waals surface area contributed by atoms with E-state index in [4.69, 9.17) is 57.7 Å². The average Bonchev–Trinajstić information content (AvgIpc) is 1.41. The monoisotopic (exact) mass is 702 g/mol. The molecule has 0 bridgehead atoms. The van der Waals surface area contributed by atoms with Gasteiger partial charge in [-0.3, -0.25) is 0 Å². The molecule has 0 saturated carbocycles. The van der Waals surface area contributed by atoms with Gasteiger partial charge in [0.15, 0.2) is 0 Å². The van der Waals surface area contributed by atoms with Crippen molar-refractivity contribution in [1.82, 2.24) is 0 Å². The predicted octanol–water partition coefficient (Wildman–Crippen LogP) is -7.72. The van der Waals surface area contributed by atoms with Crippen LogP contribution in [0.4, 0.5) is 0 Å². The Hall–Kier alpha value is 5.04. The van der Waals surface area contributed by atoms with Gasteiger partial charge in [-0.2, -0.15) is 15.6 Å². The fourth-order valence-corrected chi connectivity index (χ4v) is 0. The Morgan fingerprint density at radius 3 is 0.556 bits per heavy atom. The second kappa shape index (κ2) is 18.4. The summed E-state index contributed by atoms with van der Waals surface area (Å²) < 4.78 is 26.0. The second-order valence-electron chi connectivity index (χ2n) is 1.41. The van der Waals surface area contributed by atoms with E-state index in [9.17, 15) is 0 Å². The van der Waals surface area contributed by atoms with Crippen LogP contribution >= 0.6 is 23.5 Å². The first-order valence-electron chi connectivity index (χ1n) is 2.24. The predicted molar refractivity (Wildman–Crippen MR) is 46.7 cm³/mol. The van der Waals surface area contributed by atoms with Gasteiger partial charge in [0.1, 0.15) is 0 Å². The van der Waals surface area contributed by atoms with Crippen molar-refractivity contribution in [1.29, 1.82) is 0 Å². The first kappa shape index (κ1) is 38.5. The molecule has 0 aliphatic carbocycles. The quantitative estimate of drug-likeness (QED) is 0.158. The van der Waals surface area contributed by atoms with Crippen LogP contribution in [-0.4, -0.2) is 161 Å². The molecule has 0 fully saturated rings. The van der Waals surface area contributed by atoms with Crippen molar-refractivity contribution < 1.29 is 57.7 Å². The van der Waals surface area contributed by atoms with E-state index in [1.165, 1.54) is 0 Å². The summed E-state index contributed by atoms with van der Waals surface area (Å²) >= 11 is 0. The first-order valence-corrected chi connectivity index (χ1v) is 6.73. The molecular weight excluding hydrogens is 697 g/mol. The van der Waals surface area contributed by atoms with E-state index in [1.807, 2.05) is 0 Å². The summed E-state index contributed by atoms with van der Waals surface area (Å²) in [5.41, 5.74) is 0. The SMILES string of the molecule is O=P(O)(O)O.O=P([O-])([O-])[O-].O=P([O-])([O-])[O-].[Ba+2].[Ba+2].[Ba+2]. The first-order chi connectivity index (χ1) is 6.00. The summed E-state index contributed by atoms with van der Waals surface area (Å²) in [7, 11) is -15.4. The molecule has 0 saturated heterocycles. The molecule has 0 spiro atoms. The molecule has 3 N–H and O–H groups in total. The smallest absolute Gasteiger partial charge is 0.822 e. The normalized spacial score (nSPS) is 9.83. The van der Waals surface area contributed by atoms with Crippen LogP contribution < -0.4 is 29.4 Å². The van der Waals surface area contributed by atoms with Crippen LogP contribution in [0.1, 0.15) is 0 Å².